The van der Waals surface area contributed by atoms with E-state index in [9.17, 15) is 8.78 Å². The number of thiophene rings is 1. The predicted octanol–water partition coefficient (Wildman–Crippen LogP) is 4.27. The number of benzene rings is 1. The van der Waals surface area contributed by atoms with Gasteiger partial charge in [-0.15, -0.1) is 11.3 Å². The van der Waals surface area contributed by atoms with E-state index in [1.807, 2.05) is 6.07 Å². The molecule has 6 heteroatoms. The summed E-state index contributed by atoms with van der Waals surface area (Å²) in [5.41, 5.74) is 0.218. The van der Waals surface area contributed by atoms with Crippen molar-refractivity contribution in [2.24, 2.45) is 0 Å². The highest BCUT2D eigenvalue weighted by atomic mass is 79.9. The van der Waals surface area contributed by atoms with Gasteiger partial charge in [0.1, 0.15) is 22.6 Å². The van der Waals surface area contributed by atoms with E-state index in [4.69, 9.17) is 5.26 Å². The third-order valence-corrected chi connectivity index (χ3v) is 3.83. The van der Waals surface area contributed by atoms with Gasteiger partial charge in [-0.2, -0.15) is 5.26 Å². The van der Waals surface area contributed by atoms with E-state index < -0.39 is 11.6 Å². The SMILES string of the molecule is N#Cc1ccc(CNc2cc(Br)c(F)cc2F)s1. The van der Waals surface area contributed by atoms with Gasteiger partial charge in [0.05, 0.1) is 10.2 Å². The Hall–Kier alpha value is -1.45. The van der Waals surface area contributed by atoms with E-state index in [1.165, 1.54) is 17.4 Å². The monoisotopic (exact) mass is 328 g/mol. The van der Waals surface area contributed by atoms with Crippen LogP contribution in [-0.4, -0.2) is 0 Å². The molecule has 1 heterocycles. The van der Waals surface area contributed by atoms with Gasteiger partial charge in [-0.05, 0) is 34.1 Å². The molecule has 0 atom stereocenters. The van der Waals surface area contributed by atoms with Crippen molar-refractivity contribution in [3.8, 4) is 6.07 Å². The van der Waals surface area contributed by atoms with Gasteiger partial charge >= 0.3 is 0 Å². The lowest BCUT2D eigenvalue weighted by Gasteiger charge is -2.07. The minimum Gasteiger partial charge on any atom is -0.378 e. The number of halogens is 3. The molecule has 0 saturated carbocycles. The van der Waals surface area contributed by atoms with Crippen molar-refractivity contribution in [3.05, 3.63) is 50.1 Å². The van der Waals surface area contributed by atoms with Gasteiger partial charge in [-0.3, -0.25) is 0 Å². The van der Waals surface area contributed by atoms with Crippen LogP contribution in [0.1, 0.15) is 9.75 Å². The molecule has 0 radical (unpaired) electrons. The molecule has 0 fully saturated rings. The lowest BCUT2D eigenvalue weighted by molar-refractivity contribution is 0.580. The lowest BCUT2D eigenvalue weighted by atomic mass is 10.3. The maximum atomic E-state index is 13.4. The second kappa shape index (κ2) is 5.46. The van der Waals surface area contributed by atoms with Gasteiger partial charge in [-0.1, -0.05) is 0 Å². The largest absolute Gasteiger partial charge is 0.378 e. The van der Waals surface area contributed by atoms with Crippen LogP contribution in [0.15, 0.2) is 28.7 Å². The summed E-state index contributed by atoms with van der Waals surface area (Å²) in [6, 6.07) is 7.71. The van der Waals surface area contributed by atoms with Crippen LogP contribution in [-0.2, 0) is 6.54 Å². The van der Waals surface area contributed by atoms with Gasteiger partial charge < -0.3 is 5.32 Å². The molecule has 0 saturated heterocycles. The molecule has 0 aliphatic carbocycles. The number of nitrogens with zero attached hydrogens (tertiary/aromatic N) is 1. The van der Waals surface area contributed by atoms with Crippen LogP contribution >= 0.6 is 27.3 Å². The van der Waals surface area contributed by atoms with Gasteiger partial charge in [0.15, 0.2) is 0 Å². The summed E-state index contributed by atoms with van der Waals surface area (Å²) in [5, 5.41) is 11.5. The molecule has 1 N–H and O–H groups in total. The number of anilines is 1. The van der Waals surface area contributed by atoms with Crippen molar-refractivity contribution in [3.63, 3.8) is 0 Å². The molecular formula is C12H7BrF2N2S. The summed E-state index contributed by atoms with van der Waals surface area (Å²) in [5.74, 6) is -1.28. The van der Waals surface area contributed by atoms with Gasteiger partial charge in [0, 0.05) is 17.5 Å². The van der Waals surface area contributed by atoms with E-state index in [0.717, 1.165) is 10.9 Å². The van der Waals surface area contributed by atoms with E-state index in [1.54, 1.807) is 12.1 Å². The Kier molecular flexibility index (Phi) is 3.94. The van der Waals surface area contributed by atoms with Crippen LogP contribution in [0.5, 0.6) is 0 Å². The first kappa shape index (κ1) is 13.0. The third kappa shape index (κ3) is 2.86. The zero-order valence-corrected chi connectivity index (χ0v) is 11.4. The fraction of sp³-hybridized carbons (Fsp3) is 0.0833. The van der Waals surface area contributed by atoms with Crippen LogP contribution in [0.2, 0.25) is 0 Å². The quantitative estimate of drug-likeness (QED) is 0.854. The minimum atomic E-state index is -0.646. The van der Waals surface area contributed by atoms with E-state index in [-0.39, 0.29) is 10.2 Å². The molecule has 92 valence electrons. The Morgan fingerprint density at radius 2 is 2.06 bits per heavy atom. The predicted molar refractivity (Wildman–Crippen MR) is 70.4 cm³/mol. The highest BCUT2D eigenvalue weighted by Crippen LogP contribution is 2.25. The van der Waals surface area contributed by atoms with Crippen LogP contribution < -0.4 is 5.32 Å². The second-order valence-electron chi connectivity index (χ2n) is 3.48. The number of hydrogen-bond donors (Lipinski definition) is 1. The van der Waals surface area contributed by atoms with Gasteiger partial charge in [-0.25, -0.2) is 8.78 Å². The summed E-state index contributed by atoms with van der Waals surface area (Å²) in [7, 11) is 0. The van der Waals surface area contributed by atoms with Crippen molar-refractivity contribution in [2.75, 3.05) is 5.32 Å². The molecule has 2 rings (SSSR count). The smallest absolute Gasteiger partial charge is 0.149 e. The molecule has 0 spiro atoms. The molecule has 0 unspecified atom stereocenters. The summed E-state index contributed by atoms with van der Waals surface area (Å²) in [4.78, 5) is 1.51. The van der Waals surface area contributed by atoms with E-state index >= 15 is 0 Å². The van der Waals surface area contributed by atoms with Crippen molar-refractivity contribution in [1.29, 1.82) is 5.26 Å². The molecule has 0 amide bonds. The zero-order chi connectivity index (χ0) is 13.1. The highest BCUT2D eigenvalue weighted by molar-refractivity contribution is 9.10. The van der Waals surface area contributed by atoms with Crippen LogP contribution in [0.3, 0.4) is 0 Å². The van der Waals surface area contributed by atoms with Crippen molar-refractivity contribution in [2.45, 2.75) is 6.54 Å². The first-order valence-corrected chi connectivity index (χ1v) is 6.58. The number of rotatable bonds is 3. The highest BCUT2D eigenvalue weighted by Gasteiger charge is 2.08. The molecular weight excluding hydrogens is 322 g/mol. The Labute approximate surface area is 115 Å². The Balaban J connectivity index is 2.11. The molecule has 2 nitrogen and oxygen atoms in total. The van der Waals surface area contributed by atoms with E-state index in [2.05, 4.69) is 21.2 Å². The maximum Gasteiger partial charge on any atom is 0.149 e. The van der Waals surface area contributed by atoms with Crippen molar-refractivity contribution in [1.82, 2.24) is 0 Å². The standard InChI is InChI=1S/C12H7BrF2N2S/c13-9-3-12(11(15)4-10(9)14)17-6-8-2-1-7(5-16)18-8/h1-4,17H,6H2. The van der Waals surface area contributed by atoms with Crippen LogP contribution in [0.25, 0.3) is 0 Å². The van der Waals surface area contributed by atoms with Gasteiger partial charge in [0.25, 0.3) is 0 Å². The minimum absolute atomic E-state index is 0.204. The third-order valence-electron chi connectivity index (χ3n) is 2.23. The average Bonchev–Trinajstić information content (AvgIpc) is 2.80. The van der Waals surface area contributed by atoms with Gasteiger partial charge in [0.2, 0.25) is 0 Å². The average molecular weight is 329 g/mol. The molecule has 1 aromatic carbocycles. The number of nitrogens with one attached hydrogen (secondary N) is 1. The second-order valence-corrected chi connectivity index (χ2v) is 5.50. The number of nitriles is 1. The number of hydrogen-bond acceptors (Lipinski definition) is 3. The summed E-state index contributed by atoms with van der Waals surface area (Å²) >= 11 is 4.33. The Bertz CT molecular complexity index is 619. The Morgan fingerprint density at radius 1 is 1.28 bits per heavy atom. The first-order chi connectivity index (χ1) is 8.60. The fourth-order valence-corrected chi connectivity index (χ4v) is 2.46. The van der Waals surface area contributed by atoms with E-state index in [0.29, 0.717) is 11.4 Å². The Morgan fingerprint density at radius 3 is 2.72 bits per heavy atom. The summed E-state index contributed by atoms with van der Waals surface area (Å²) in [6.45, 7) is 0.390. The van der Waals surface area contributed by atoms with Crippen LogP contribution in [0.4, 0.5) is 14.5 Å². The summed E-state index contributed by atoms with van der Waals surface area (Å²) < 4.78 is 26.7. The van der Waals surface area contributed by atoms with Crippen molar-refractivity contribution < 1.29 is 8.78 Å². The van der Waals surface area contributed by atoms with Crippen molar-refractivity contribution >= 4 is 33.0 Å². The maximum absolute atomic E-state index is 13.4. The zero-order valence-electron chi connectivity index (χ0n) is 9.01. The first-order valence-electron chi connectivity index (χ1n) is 4.97. The fourth-order valence-electron chi connectivity index (χ4n) is 1.37. The summed E-state index contributed by atoms with van der Waals surface area (Å²) in [6.07, 6.45) is 0. The molecule has 0 bridgehead atoms. The molecule has 0 aliphatic heterocycles. The van der Waals surface area contributed by atoms with Crippen LogP contribution in [0, 0.1) is 23.0 Å². The lowest BCUT2D eigenvalue weighted by Crippen LogP contribution is -2.00. The molecule has 18 heavy (non-hydrogen) atoms. The molecule has 1 aromatic heterocycles. The normalized spacial score (nSPS) is 10.1. The topological polar surface area (TPSA) is 35.8 Å². The molecule has 2 aromatic rings. The molecule has 0 aliphatic rings.